The lowest BCUT2D eigenvalue weighted by molar-refractivity contribution is 0.0693. The summed E-state index contributed by atoms with van der Waals surface area (Å²) in [6.45, 7) is 2.05. The molecular weight excluding hydrogens is 756 g/mol. The Bertz CT molecular complexity index is 1880. The van der Waals surface area contributed by atoms with Gasteiger partial charge in [0, 0.05) is 17.5 Å². The number of esters is 1. The van der Waals surface area contributed by atoms with Gasteiger partial charge in [0.05, 0.1) is 34.6 Å². The zero-order valence-corrected chi connectivity index (χ0v) is 32.6. The van der Waals surface area contributed by atoms with E-state index in [1.165, 1.54) is 14.2 Å². The summed E-state index contributed by atoms with van der Waals surface area (Å²) in [5, 5.41) is 4.21. The van der Waals surface area contributed by atoms with Crippen LogP contribution in [-0.2, 0) is 27.3 Å². The maximum absolute atomic E-state index is 12.4. The van der Waals surface area contributed by atoms with Crippen LogP contribution in [0, 0.1) is 0 Å². The van der Waals surface area contributed by atoms with Crippen molar-refractivity contribution in [1.29, 1.82) is 0 Å². The average Bonchev–Trinajstić information content (AvgIpc) is 3.14. The van der Waals surface area contributed by atoms with Crippen molar-refractivity contribution in [2.75, 3.05) is 46.4 Å². The highest BCUT2D eigenvalue weighted by molar-refractivity contribution is 8.72. The van der Waals surface area contributed by atoms with E-state index >= 15 is 0 Å². The molecule has 51 heavy (non-hydrogen) atoms. The summed E-state index contributed by atoms with van der Waals surface area (Å²) in [4.78, 5) is 19.8. The molecule has 4 aromatic carbocycles. The van der Waals surface area contributed by atoms with E-state index in [2.05, 4.69) is 5.16 Å². The van der Waals surface area contributed by atoms with E-state index in [1.807, 2.05) is 19.0 Å². The molecule has 0 saturated heterocycles. The lowest BCUT2D eigenvalue weighted by Crippen LogP contribution is -2.33. The second kappa shape index (κ2) is 20.3. The number of ether oxygens (including phenoxy) is 3. The molecule has 0 spiro atoms. The van der Waals surface area contributed by atoms with Crippen LogP contribution in [0.15, 0.2) is 118 Å². The zero-order chi connectivity index (χ0) is 37.4. The molecule has 0 aromatic heterocycles. The molecule has 274 valence electrons. The monoisotopic (exact) mass is 794 g/mol. The third-order valence-electron chi connectivity index (χ3n) is 6.81. The van der Waals surface area contributed by atoms with Crippen molar-refractivity contribution >= 4 is 62.8 Å². The summed E-state index contributed by atoms with van der Waals surface area (Å²) in [5.41, 5.74) is 0.655. The SMILES string of the molecule is CCO/N=C(\OC(=O)c1ccccc1)c1c(OC)ccc(Cl)c1OC.CN(C)C(CSS(=O)(=O)c1ccccc1)CSS(=O)(=O)c1ccccc1. The Morgan fingerprint density at radius 2 is 1.25 bits per heavy atom. The maximum atomic E-state index is 12.4. The van der Waals surface area contributed by atoms with Crippen molar-refractivity contribution < 1.29 is 40.7 Å². The molecule has 0 radical (unpaired) electrons. The van der Waals surface area contributed by atoms with Crippen LogP contribution in [0.4, 0.5) is 0 Å². The number of halogens is 1. The molecule has 0 bridgehead atoms. The van der Waals surface area contributed by atoms with E-state index in [0.717, 1.165) is 21.6 Å². The van der Waals surface area contributed by atoms with Crippen molar-refractivity contribution in [2.45, 2.75) is 22.8 Å². The fourth-order valence-corrected chi connectivity index (χ4v) is 10.7. The van der Waals surface area contributed by atoms with Crippen LogP contribution in [-0.4, -0.2) is 86.1 Å². The van der Waals surface area contributed by atoms with Gasteiger partial charge < -0.3 is 23.9 Å². The van der Waals surface area contributed by atoms with Crippen LogP contribution in [0.1, 0.15) is 22.8 Å². The van der Waals surface area contributed by atoms with Crippen LogP contribution in [0.3, 0.4) is 0 Å². The van der Waals surface area contributed by atoms with Gasteiger partial charge in [-0.15, -0.1) is 0 Å². The number of carbonyl (C=O) groups is 1. The summed E-state index contributed by atoms with van der Waals surface area (Å²) in [6.07, 6.45) is 0. The minimum atomic E-state index is -3.46. The third-order valence-corrected chi connectivity index (χ3v) is 14.3. The largest absolute Gasteiger partial charge is 0.496 e. The molecule has 0 aliphatic rings. The highest BCUT2D eigenvalue weighted by Gasteiger charge is 2.25. The van der Waals surface area contributed by atoms with E-state index in [4.69, 9.17) is 30.6 Å². The number of rotatable bonds is 15. The Balaban J connectivity index is 0.000000276. The minimum Gasteiger partial charge on any atom is -0.496 e. The van der Waals surface area contributed by atoms with Crippen molar-refractivity contribution in [3.05, 3.63) is 119 Å². The van der Waals surface area contributed by atoms with Crippen molar-refractivity contribution in [2.24, 2.45) is 5.16 Å². The predicted molar refractivity (Wildman–Crippen MR) is 204 cm³/mol. The van der Waals surface area contributed by atoms with Gasteiger partial charge in [0.2, 0.25) is 17.7 Å². The Morgan fingerprint density at radius 3 is 1.69 bits per heavy atom. The highest BCUT2D eigenvalue weighted by Crippen LogP contribution is 2.36. The quantitative estimate of drug-likeness (QED) is 0.0400. The fraction of sp³-hybridized carbons (Fsp3) is 0.257. The number of hydrogen-bond acceptors (Lipinski definition) is 13. The Hall–Kier alpha value is -3.73. The van der Waals surface area contributed by atoms with Crippen molar-refractivity contribution in [1.82, 2.24) is 4.90 Å². The number of oxime groups is 1. The molecule has 16 heteroatoms. The van der Waals surface area contributed by atoms with Crippen molar-refractivity contribution in [3.8, 4) is 11.5 Å². The second-order valence-electron chi connectivity index (χ2n) is 10.4. The van der Waals surface area contributed by atoms with Crippen molar-refractivity contribution in [3.63, 3.8) is 0 Å². The number of benzene rings is 4. The Kier molecular flexibility index (Phi) is 16.6. The molecular formula is C35H39ClN2O9S4. The molecule has 0 fully saturated rings. The standard InChI is InChI=1S/C18H18ClNO5.C17H21NO4S4/c1-4-24-20-17(25-18(21)12-8-6-5-7-9-12)15-14(22-2)11-10-13(19)16(15)23-3;1-18(2)15(13-23-25(19,20)16-9-5-3-6-10-16)14-24-26(21,22)17-11-7-4-8-12-17/h5-11H,4H2,1-3H3;3-12,15H,13-14H2,1-2H3/b20-17-;. The van der Waals surface area contributed by atoms with Crippen LogP contribution < -0.4 is 9.47 Å². The number of hydrogen-bond donors (Lipinski definition) is 0. The predicted octanol–water partition coefficient (Wildman–Crippen LogP) is 7.07. The first-order valence-corrected chi connectivity index (χ1v) is 21.6. The summed E-state index contributed by atoms with van der Waals surface area (Å²) in [6, 6.07) is 28.0. The molecule has 0 aliphatic heterocycles. The Labute approximate surface area is 311 Å². The molecule has 0 N–H and O–H groups in total. The van der Waals surface area contributed by atoms with Gasteiger partial charge in [-0.05, 0) is 96.3 Å². The molecule has 11 nitrogen and oxygen atoms in total. The smallest absolute Gasteiger partial charge is 0.344 e. The fourth-order valence-electron chi connectivity index (χ4n) is 4.06. The van der Waals surface area contributed by atoms with Crippen LogP contribution in [0.25, 0.3) is 0 Å². The van der Waals surface area contributed by atoms with Gasteiger partial charge in [-0.1, -0.05) is 66.2 Å². The van der Waals surface area contributed by atoms with Gasteiger partial charge in [-0.3, -0.25) is 0 Å². The van der Waals surface area contributed by atoms with Gasteiger partial charge in [0.25, 0.3) is 5.90 Å². The Morgan fingerprint density at radius 1 is 0.765 bits per heavy atom. The minimum absolute atomic E-state index is 0.105. The number of carbonyl (C=O) groups excluding carboxylic acids is 1. The van der Waals surface area contributed by atoms with Gasteiger partial charge in [0.15, 0.2) is 5.75 Å². The molecule has 0 saturated carbocycles. The lowest BCUT2D eigenvalue weighted by Gasteiger charge is -2.23. The molecule has 4 aromatic rings. The van der Waals surface area contributed by atoms with Crippen LogP contribution in [0.5, 0.6) is 11.5 Å². The van der Waals surface area contributed by atoms with Gasteiger partial charge >= 0.3 is 5.97 Å². The topological polar surface area (TPSA) is 138 Å². The zero-order valence-electron chi connectivity index (χ0n) is 28.6. The molecule has 4 rings (SSSR count). The maximum Gasteiger partial charge on any atom is 0.344 e. The summed E-state index contributed by atoms with van der Waals surface area (Å²) >= 11 is 6.17. The first-order valence-electron chi connectivity index (χ1n) is 15.3. The van der Waals surface area contributed by atoms with Crippen LogP contribution in [0.2, 0.25) is 5.02 Å². The third kappa shape index (κ3) is 12.5. The molecule has 0 amide bonds. The summed E-state index contributed by atoms with van der Waals surface area (Å²) in [7, 11) is 1.30. The first kappa shape index (κ1) is 41.7. The van der Waals surface area contributed by atoms with E-state index in [-0.39, 0.29) is 51.2 Å². The molecule has 0 heterocycles. The molecule has 0 aliphatic carbocycles. The highest BCUT2D eigenvalue weighted by atomic mass is 35.5. The van der Waals surface area contributed by atoms with Crippen LogP contribution >= 0.6 is 33.2 Å². The number of methoxy groups -OCH3 is 2. The van der Waals surface area contributed by atoms with E-state index in [1.54, 1.807) is 110 Å². The van der Waals surface area contributed by atoms with E-state index in [0.29, 0.717) is 16.3 Å². The summed E-state index contributed by atoms with van der Waals surface area (Å²) in [5.74, 6) is 0.499. The van der Waals surface area contributed by atoms with Gasteiger partial charge in [-0.25, -0.2) is 21.6 Å². The summed E-state index contributed by atoms with van der Waals surface area (Å²) < 4.78 is 65.7. The average molecular weight is 795 g/mol. The van der Waals surface area contributed by atoms with E-state index < -0.39 is 23.7 Å². The molecule has 0 atom stereocenters. The normalized spacial score (nSPS) is 11.8. The second-order valence-corrected chi connectivity index (χ2v) is 18.8. The van der Waals surface area contributed by atoms with E-state index in [9.17, 15) is 21.6 Å². The number of nitrogens with zero attached hydrogens (tertiary/aromatic N) is 2. The van der Waals surface area contributed by atoms with Gasteiger partial charge in [-0.2, -0.15) is 0 Å². The first-order chi connectivity index (χ1) is 24.3. The lowest BCUT2D eigenvalue weighted by atomic mass is 10.1. The van der Waals surface area contributed by atoms with Gasteiger partial charge in [0.1, 0.15) is 17.9 Å². The molecule has 0 unspecified atom stereocenters.